The van der Waals surface area contributed by atoms with Gasteiger partial charge in [-0.3, -0.25) is 25.1 Å². The average Bonchev–Trinajstić information content (AvgIpc) is 2.84. The molecule has 26 heavy (non-hydrogen) atoms. The summed E-state index contributed by atoms with van der Waals surface area (Å²) in [5.41, 5.74) is 7.51. The fourth-order valence-corrected chi connectivity index (χ4v) is 2.74. The molecule has 0 saturated carbocycles. The largest absolute Gasteiger partial charge is 0.269 e. The highest BCUT2D eigenvalue weighted by atomic mass is 35.5. The molecule has 1 aromatic heterocycles. The fourth-order valence-electron chi connectivity index (χ4n) is 2.44. The van der Waals surface area contributed by atoms with Gasteiger partial charge in [0.05, 0.1) is 5.69 Å². The summed E-state index contributed by atoms with van der Waals surface area (Å²) in [6.07, 6.45) is 2.91. The van der Waals surface area contributed by atoms with Crippen molar-refractivity contribution in [3.63, 3.8) is 0 Å². The third kappa shape index (κ3) is 4.95. The van der Waals surface area contributed by atoms with E-state index < -0.39 is 5.91 Å². The summed E-state index contributed by atoms with van der Waals surface area (Å²) in [5.74, 6) is -0.425. The number of hydrogen-bond donors (Lipinski definition) is 2. The maximum absolute atomic E-state index is 12.1. The number of hydrogen-bond acceptors (Lipinski definition) is 3. The highest BCUT2D eigenvalue weighted by Gasteiger charge is 2.13. The molecule has 7 heteroatoms. The van der Waals surface area contributed by atoms with E-state index in [1.807, 2.05) is 26.0 Å². The van der Waals surface area contributed by atoms with Gasteiger partial charge in [0.1, 0.15) is 5.15 Å². The summed E-state index contributed by atoms with van der Waals surface area (Å²) in [7, 11) is 0. The minimum Gasteiger partial charge on any atom is -0.268 e. The predicted octanol–water partition coefficient (Wildman–Crippen LogP) is 3.28. The first kappa shape index (κ1) is 19.7. The van der Waals surface area contributed by atoms with Gasteiger partial charge < -0.3 is 0 Å². The Bertz CT molecular complexity index is 840. The zero-order valence-electron chi connectivity index (χ0n) is 15.3. The van der Waals surface area contributed by atoms with E-state index in [9.17, 15) is 9.59 Å². The number of carbonyl (C=O) groups is 2. The SMILES string of the molecule is Cc1ccccc1C(=O)NNC(=O)/C=C/c1c(C)nn(CC(C)C)c1Cl. The molecule has 0 radical (unpaired) electrons. The van der Waals surface area contributed by atoms with Crippen LogP contribution in [0.15, 0.2) is 30.3 Å². The number of nitrogens with one attached hydrogen (secondary N) is 2. The van der Waals surface area contributed by atoms with Gasteiger partial charge in [0, 0.05) is 23.7 Å². The summed E-state index contributed by atoms with van der Waals surface area (Å²) in [6, 6.07) is 7.14. The molecular formula is C19H23ClN4O2. The molecule has 0 aliphatic rings. The van der Waals surface area contributed by atoms with Gasteiger partial charge in [-0.05, 0) is 37.5 Å². The quantitative estimate of drug-likeness (QED) is 0.622. The number of benzene rings is 1. The Kier molecular flexibility index (Phi) is 6.58. The first-order valence-electron chi connectivity index (χ1n) is 8.36. The van der Waals surface area contributed by atoms with Crippen molar-refractivity contribution in [2.45, 2.75) is 34.2 Å². The Morgan fingerprint density at radius 1 is 1.23 bits per heavy atom. The Hall–Kier alpha value is -2.60. The molecule has 0 spiro atoms. The molecule has 0 saturated heterocycles. The van der Waals surface area contributed by atoms with E-state index >= 15 is 0 Å². The van der Waals surface area contributed by atoms with Crippen molar-refractivity contribution in [1.82, 2.24) is 20.6 Å². The number of hydrazine groups is 1. The number of nitrogens with zero attached hydrogens (tertiary/aromatic N) is 2. The van der Waals surface area contributed by atoms with Crippen molar-refractivity contribution in [1.29, 1.82) is 0 Å². The molecule has 2 N–H and O–H groups in total. The summed E-state index contributed by atoms with van der Waals surface area (Å²) >= 11 is 6.33. The Morgan fingerprint density at radius 3 is 2.58 bits per heavy atom. The van der Waals surface area contributed by atoms with Crippen molar-refractivity contribution >= 4 is 29.5 Å². The van der Waals surface area contributed by atoms with Gasteiger partial charge in [0.25, 0.3) is 11.8 Å². The molecule has 0 bridgehead atoms. The summed E-state index contributed by atoms with van der Waals surface area (Å²) in [4.78, 5) is 24.0. The van der Waals surface area contributed by atoms with Gasteiger partial charge >= 0.3 is 0 Å². The first-order chi connectivity index (χ1) is 12.3. The molecule has 138 valence electrons. The molecule has 0 atom stereocenters. The van der Waals surface area contributed by atoms with Crippen LogP contribution in [-0.2, 0) is 11.3 Å². The van der Waals surface area contributed by atoms with Gasteiger partial charge in [0.2, 0.25) is 0 Å². The van der Waals surface area contributed by atoms with Crippen LogP contribution in [0.2, 0.25) is 5.15 Å². The number of halogens is 1. The van der Waals surface area contributed by atoms with E-state index in [0.29, 0.717) is 28.7 Å². The van der Waals surface area contributed by atoms with Crippen molar-refractivity contribution in [3.8, 4) is 0 Å². The maximum Gasteiger partial charge on any atom is 0.269 e. The first-order valence-corrected chi connectivity index (χ1v) is 8.74. The lowest BCUT2D eigenvalue weighted by molar-refractivity contribution is -0.117. The summed E-state index contributed by atoms with van der Waals surface area (Å²) < 4.78 is 1.72. The third-order valence-corrected chi connectivity index (χ3v) is 4.14. The Balaban J connectivity index is 1.99. The van der Waals surface area contributed by atoms with Gasteiger partial charge in [0.15, 0.2) is 0 Å². The predicted molar refractivity (Wildman–Crippen MR) is 103 cm³/mol. The molecular weight excluding hydrogens is 352 g/mol. The number of rotatable bonds is 5. The Morgan fingerprint density at radius 2 is 1.92 bits per heavy atom. The van der Waals surface area contributed by atoms with E-state index in [4.69, 9.17) is 11.6 Å². The van der Waals surface area contributed by atoms with Crippen LogP contribution in [0.5, 0.6) is 0 Å². The lowest BCUT2D eigenvalue weighted by Gasteiger charge is -2.07. The van der Waals surface area contributed by atoms with Gasteiger partial charge in [-0.15, -0.1) is 0 Å². The molecule has 1 aromatic carbocycles. The second-order valence-electron chi connectivity index (χ2n) is 6.46. The van der Waals surface area contributed by atoms with Crippen LogP contribution < -0.4 is 10.9 Å². The van der Waals surface area contributed by atoms with Gasteiger partial charge in [-0.2, -0.15) is 5.10 Å². The molecule has 0 unspecified atom stereocenters. The molecule has 0 aliphatic heterocycles. The molecule has 0 aliphatic carbocycles. The van der Waals surface area contributed by atoms with E-state index in [2.05, 4.69) is 29.8 Å². The molecule has 6 nitrogen and oxygen atoms in total. The van der Waals surface area contributed by atoms with E-state index in [0.717, 1.165) is 11.3 Å². The van der Waals surface area contributed by atoms with Crippen molar-refractivity contribution in [2.75, 3.05) is 0 Å². The van der Waals surface area contributed by atoms with Crippen LogP contribution in [-0.4, -0.2) is 21.6 Å². The molecule has 2 amide bonds. The smallest absolute Gasteiger partial charge is 0.268 e. The molecule has 1 heterocycles. The van der Waals surface area contributed by atoms with Crippen LogP contribution in [0.25, 0.3) is 6.08 Å². The Labute approximate surface area is 158 Å². The van der Waals surface area contributed by atoms with Crippen LogP contribution in [0.3, 0.4) is 0 Å². The molecule has 2 rings (SSSR count). The zero-order chi connectivity index (χ0) is 19.3. The van der Waals surface area contributed by atoms with E-state index in [-0.39, 0.29) is 5.91 Å². The van der Waals surface area contributed by atoms with Crippen LogP contribution >= 0.6 is 11.6 Å². The molecule has 0 fully saturated rings. The summed E-state index contributed by atoms with van der Waals surface area (Å²) in [5, 5.41) is 4.87. The highest BCUT2D eigenvalue weighted by Crippen LogP contribution is 2.22. The van der Waals surface area contributed by atoms with Crippen LogP contribution in [0.4, 0.5) is 0 Å². The van der Waals surface area contributed by atoms with Gasteiger partial charge in [-0.1, -0.05) is 43.6 Å². The van der Waals surface area contributed by atoms with Crippen LogP contribution in [0, 0.1) is 19.8 Å². The number of carbonyl (C=O) groups excluding carboxylic acids is 2. The van der Waals surface area contributed by atoms with Gasteiger partial charge in [-0.25, -0.2) is 0 Å². The monoisotopic (exact) mass is 374 g/mol. The van der Waals surface area contributed by atoms with Crippen molar-refractivity contribution in [3.05, 3.63) is 57.9 Å². The minimum atomic E-state index is -0.459. The van der Waals surface area contributed by atoms with Crippen molar-refractivity contribution in [2.24, 2.45) is 5.92 Å². The highest BCUT2D eigenvalue weighted by molar-refractivity contribution is 6.31. The number of aryl methyl sites for hydroxylation is 2. The standard InChI is InChI=1S/C19H23ClN4O2/c1-12(2)11-24-18(20)16(14(4)23-24)9-10-17(25)21-22-19(26)15-8-6-5-7-13(15)3/h5-10,12H,11H2,1-4H3,(H,21,25)(H,22,26)/b10-9+. The van der Waals surface area contributed by atoms with E-state index in [1.54, 1.807) is 22.9 Å². The number of aromatic nitrogens is 2. The summed E-state index contributed by atoms with van der Waals surface area (Å²) in [6.45, 7) is 8.52. The van der Waals surface area contributed by atoms with Crippen molar-refractivity contribution < 1.29 is 9.59 Å². The molecule has 2 aromatic rings. The maximum atomic E-state index is 12.1. The lowest BCUT2D eigenvalue weighted by atomic mass is 10.1. The normalized spacial score (nSPS) is 11.2. The number of amides is 2. The lowest BCUT2D eigenvalue weighted by Crippen LogP contribution is -2.41. The van der Waals surface area contributed by atoms with E-state index in [1.165, 1.54) is 6.08 Å². The second kappa shape index (κ2) is 8.67. The second-order valence-corrected chi connectivity index (χ2v) is 6.82. The topological polar surface area (TPSA) is 76.0 Å². The third-order valence-electron chi connectivity index (χ3n) is 3.74. The zero-order valence-corrected chi connectivity index (χ0v) is 16.1. The average molecular weight is 375 g/mol. The minimum absolute atomic E-state index is 0.371. The van der Waals surface area contributed by atoms with Crippen LogP contribution in [0.1, 0.15) is 41.0 Å². The fraction of sp³-hybridized carbons (Fsp3) is 0.316.